The molecule has 1 nitrogen and oxygen atoms in total. The van der Waals surface area contributed by atoms with Crippen molar-refractivity contribution in [3.8, 4) is 0 Å². The summed E-state index contributed by atoms with van der Waals surface area (Å²) >= 11 is 3.14. The van der Waals surface area contributed by atoms with Crippen molar-refractivity contribution in [2.75, 3.05) is 0 Å². The number of aryl methyl sites for hydroxylation is 1. The predicted molar refractivity (Wildman–Crippen MR) is 60.5 cm³/mol. The molecular formula is C12H8BrF3O. The minimum Gasteiger partial charge on any atom is -0.465 e. The number of alkyl halides is 1. The van der Waals surface area contributed by atoms with Gasteiger partial charge in [0.2, 0.25) is 0 Å². The average Bonchev–Trinajstić information content (AvgIpc) is 2.63. The molecule has 0 spiro atoms. The molecule has 0 saturated carbocycles. The maximum absolute atomic E-state index is 13.5. The maximum atomic E-state index is 13.5. The molecule has 0 saturated heterocycles. The highest BCUT2D eigenvalue weighted by molar-refractivity contribution is 9.09. The number of hydrogen-bond donors (Lipinski definition) is 0. The van der Waals surface area contributed by atoms with E-state index in [1.54, 1.807) is 19.1 Å². The van der Waals surface area contributed by atoms with Gasteiger partial charge in [-0.25, -0.2) is 13.2 Å². The lowest BCUT2D eigenvalue weighted by atomic mass is 10.1. The molecule has 0 radical (unpaired) electrons. The number of halogens is 4. The Balaban J connectivity index is 2.47. The predicted octanol–water partition coefficient (Wildman–Crippen LogP) is 4.49. The summed E-state index contributed by atoms with van der Waals surface area (Å²) in [7, 11) is 0. The van der Waals surface area contributed by atoms with Gasteiger partial charge in [-0.2, -0.15) is 0 Å². The molecule has 1 heterocycles. The third kappa shape index (κ3) is 2.39. The second-order valence-corrected chi connectivity index (χ2v) is 4.51. The van der Waals surface area contributed by atoms with E-state index in [4.69, 9.17) is 4.42 Å². The van der Waals surface area contributed by atoms with E-state index in [1.165, 1.54) is 0 Å². The van der Waals surface area contributed by atoms with Crippen LogP contribution in [0.5, 0.6) is 0 Å². The summed E-state index contributed by atoms with van der Waals surface area (Å²) in [5, 5.41) is 0. The second kappa shape index (κ2) is 4.56. The molecule has 90 valence electrons. The Labute approximate surface area is 104 Å². The molecule has 0 bridgehead atoms. The first-order valence-corrected chi connectivity index (χ1v) is 5.75. The summed E-state index contributed by atoms with van der Waals surface area (Å²) in [6, 6.07) is 4.57. The summed E-state index contributed by atoms with van der Waals surface area (Å²) in [5.41, 5.74) is -0.263. The lowest BCUT2D eigenvalue weighted by Gasteiger charge is -2.10. The first-order valence-electron chi connectivity index (χ1n) is 4.84. The third-order valence-corrected chi connectivity index (χ3v) is 3.22. The highest BCUT2D eigenvalue weighted by atomic mass is 79.9. The van der Waals surface area contributed by atoms with Gasteiger partial charge in [-0.3, -0.25) is 0 Å². The third-order valence-electron chi connectivity index (χ3n) is 2.31. The van der Waals surface area contributed by atoms with Crippen molar-refractivity contribution in [2.24, 2.45) is 0 Å². The van der Waals surface area contributed by atoms with Crippen LogP contribution in [0, 0.1) is 24.4 Å². The van der Waals surface area contributed by atoms with Gasteiger partial charge in [0, 0.05) is 17.7 Å². The molecule has 0 N–H and O–H groups in total. The number of rotatable bonds is 2. The highest BCUT2D eigenvalue weighted by Gasteiger charge is 2.23. The lowest BCUT2D eigenvalue weighted by Crippen LogP contribution is -2.01. The van der Waals surface area contributed by atoms with E-state index in [9.17, 15) is 13.2 Å². The molecule has 17 heavy (non-hydrogen) atoms. The van der Waals surface area contributed by atoms with Gasteiger partial charge in [-0.1, -0.05) is 15.9 Å². The standard InChI is InChI=1S/C12H8BrF3O/c1-6-2-3-10(17-6)12(13)11-8(15)4-7(14)5-9(11)16/h2-5,12H,1H3. The fourth-order valence-electron chi connectivity index (χ4n) is 1.53. The SMILES string of the molecule is Cc1ccc(C(Br)c2c(F)cc(F)cc2F)o1. The van der Waals surface area contributed by atoms with Crippen molar-refractivity contribution < 1.29 is 17.6 Å². The van der Waals surface area contributed by atoms with Crippen LogP contribution >= 0.6 is 15.9 Å². The molecule has 0 fully saturated rings. The molecule has 1 atom stereocenters. The van der Waals surface area contributed by atoms with Crippen LogP contribution in [-0.4, -0.2) is 0 Å². The topological polar surface area (TPSA) is 13.1 Å². The summed E-state index contributed by atoms with van der Waals surface area (Å²) in [6.45, 7) is 1.72. The normalized spacial score (nSPS) is 12.8. The summed E-state index contributed by atoms with van der Waals surface area (Å²) < 4.78 is 45.0. The van der Waals surface area contributed by atoms with Crippen molar-refractivity contribution in [2.45, 2.75) is 11.8 Å². The van der Waals surface area contributed by atoms with E-state index in [-0.39, 0.29) is 5.56 Å². The molecule has 1 unspecified atom stereocenters. The quantitative estimate of drug-likeness (QED) is 0.745. The largest absolute Gasteiger partial charge is 0.465 e. The smallest absolute Gasteiger partial charge is 0.133 e. The van der Waals surface area contributed by atoms with Gasteiger partial charge in [-0.15, -0.1) is 0 Å². The van der Waals surface area contributed by atoms with E-state index >= 15 is 0 Å². The Morgan fingerprint density at radius 2 is 1.71 bits per heavy atom. The van der Waals surface area contributed by atoms with Gasteiger partial charge >= 0.3 is 0 Å². The average molecular weight is 305 g/mol. The Morgan fingerprint density at radius 1 is 1.12 bits per heavy atom. The number of hydrogen-bond acceptors (Lipinski definition) is 1. The van der Waals surface area contributed by atoms with Gasteiger partial charge in [-0.05, 0) is 19.1 Å². The Kier molecular flexibility index (Phi) is 3.28. The zero-order chi connectivity index (χ0) is 12.6. The van der Waals surface area contributed by atoms with Crippen molar-refractivity contribution in [3.63, 3.8) is 0 Å². The van der Waals surface area contributed by atoms with Crippen LogP contribution in [0.1, 0.15) is 21.9 Å². The van der Waals surface area contributed by atoms with Crippen LogP contribution in [-0.2, 0) is 0 Å². The zero-order valence-corrected chi connectivity index (χ0v) is 10.4. The lowest BCUT2D eigenvalue weighted by molar-refractivity contribution is 0.475. The summed E-state index contributed by atoms with van der Waals surface area (Å²) in [6.07, 6.45) is 0. The second-order valence-electron chi connectivity index (χ2n) is 3.59. The monoisotopic (exact) mass is 304 g/mol. The van der Waals surface area contributed by atoms with Gasteiger partial charge in [0.15, 0.2) is 0 Å². The van der Waals surface area contributed by atoms with E-state index in [1.807, 2.05) is 0 Å². The highest BCUT2D eigenvalue weighted by Crippen LogP contribution is 2.35. The molecule has 1 aromatic carbocycles. The van der Waals surface area contributed by atoms with Crippen LogP contribution in [0.3, 0.4) is 0 Å². The minimum atomic E-state index is -0.946. The fraction of sp³-hybridized carbons (Fsp3) is 0.167. The van der Waals surface area contributed by atoms with Crippen molar-refractivity contribution >= 4 is 15.9 Å². The maximum Gasteiger partial charge on any atom is 0.133 e. The van der Waals surface area contributed by atoms with Gasteiger partial charge in [0.05, 0.1) is 0 Å². The van der Waals surface area contributed by atoms with Crippen molar-refractivity contribution in [1.82, 2.24) is 0 Å². The van der Waals surface area contributed by atoms with E-state index in [2.05, 4.69) is 15.9 Å². The van der Waals surface area contributed by atoms with E-state index in [0.717, 1.165) is 0 Å². The molecule has 0 aliphatic rings. The van der Waals surface area contributed by atoms with Gasteiger partial charge in [0.1, 0.15) is 33.8 Å². The van der Waals surface area contributed by atoms with E-state index in [0.29, 0.717) is 23.7 Å². The van der Waals surface area contributed by atoms with Crippen LogP contribution < -0.4 is 0 Å². The molecule has 0 amide bonds. The molecule has 1 aromatic heterocycles. The van der Waals surface area contributed by atoms with Crippen molar-refractivity contribution in [3.05, 3.63) is 58.8 Å². The number of benzene rings is 1. The van der Waals surface area contributed by atoms with Crippen molar-refractivity contribution in [1.29, 1.82) is 0 Å². The van der Waals surface area contributed by atoms with Gasteiger partial charge in [0.25, 0.3) is 0 Å². The Morgan fingerprint density at radius 3 is 2.18 bits per heavy atom. The summed E-state index contributed by atoms with van der Waals surface area (Å²) in [5.74, 6) is -1.84. The molecule has 5 heteroatoms. The molecule has 0 aliphatic heterocycles. The van der Waals surface area contributed by atoms with Crippen LogP contribution in [0.25, 0.3) is 0 Å². The minimum absolute atomic E-state index is 0.263. The molecule has 2 aromatic rings. The molecule has 0 aliphatic carbocycles. The first-order chi connectivity index (χ1) is 7.99. The van der Waals surface area contributed by atoms with E-state index < -0.39 is 22.3 Å². The fourth-order valence-corrected chi connectivity index (χ4v) is 2.21. The molecular weight excluding hydrogens is 297 g/mol. The number of furan rings is 1. The Hall–Kier alpha value is -1.23. The first kappa shape index (κ1) is 12.2. The van der Waals surface area contributed by atoms with Gasteiger partial charge < -0.3 is 4.42 Å². The zero-order valence-electron chi connectivity index (χ0n) is 8.81. The Bertz CT molecular complexity index is 527. The van der Waals surface area contributed by atoms with Crippen LogP contribution in [0.4, 0.5) is 13.2 Å². The molecule has 2 rings (SSSR count). The summed E-state index contributed by atoms with van der Waals surface area (Å²) in [4.78, 5) is -0.781. The van der Waals surface area contributed by atoms with Crippen LogP contribution in [0.2, 0.25) is 0 Å². The van der Waals surface area contributed by atoms with Crippen LogP contribution in [0.15, 0.2) is 28.7 Å².